The number of fused-ring (bicyclic) bond motifs is 4. The first-order chi connectivity index (χ1) is 23.3. The maximum absolute atomic E-state index is 14.2. The van der Waals surface area contributed by atoms with Crippen LogP contribution in [0.4, 0.5) is 0 Å². The second kappa shape index (κ2) is 11.3. The summed E-state index contributed by atoms with van der Waals surface area (Å²) in [6, 6.07) is 10.7. The molecule has 0 amide bonds. The van der Waals surface area contributed by atoms with Gasteiger partial charge in [0.25, 0.3) is 0 Å². The molecule has 0 spiro atoms. The Morgan fingerprint density at radius 1 is 0.633 bits per heavy atom. The number of carbonyl (C=O) groups is 4. The van der Waals surface area contributed by atoms with Gasteiger partial charge in [0, 0.05) is 33.4 Å². The molecule has 1 fully saturated rings. The van der Waals surface area contributed by atoms with Crippen LogP contribution < -0.4 is 4.74 Å². The van der Waals surface area contributed by atoms with Crippen molar-refractivity contribution >= 4 is 23.1 Å². The Morgan fingerprint density at radius 3 is 1.94 bits per heavy atom. The molecule has 1 aliphatic heterocycles. The number of rotatable bonds is 4. The summed E-state index contributed by atoms with van der Waals surface area (Å²) in [5, 5.41) is 74.1. The van der Waals surface area contributed by atoms with E-state index in [1.54, 1.807) is 6.92 Å². The van der Waals surface area contributed by atoms with Gasteiger partial charge in [0.2, 0.25) is 17.9 Å². The summed E-state index contributed by atoms with van der Waals surface area (Å²) in [5.74, 6) is -5.13. The quantitative estimate of drug-likeness (QED) is 0.142. The second-order valence-electron chi connectivity index (χ2n) is 12.2. The molecule has 5 atom stereocenters. The molecule has 1 saturated heterocycles. The van der Waals surface area contributed by atoms with Crippen LogP contribution in [-0.4, -0.2) is 96.2 Å². The fourth-order valence-electron chi connectivity index (χ4n) is 6.83. The Morgan fingerprint density at radius 2 is 1.24 bits per heavy atom. The molecule has 7 rings (SSSR count). The normalized spacial score (nSPS) is 22.7. The number of hydrogen-bond acceptors (Lipinski definition) is 13. The number of benzene rings is 4. The Labute approximate surface area is 276 Å². The molecule has 7 N–H and O–H groups in total. The third-order valence-corrected chi connectivity index (χ3v) is 9.21. The number of ether oxygens (including phenoxy) is 2. The molecule has 0 aromatic heterocycles. The molecule has 0 radical (unpaired) electrons. The van der Waals surface area contributed by atoms with Gasteiger partial charge in [0.15, 0.2) is 11.6 Å². The first-order valence-electron chi connectivity index (χ1n) is 15.1. The largest absolute Gasteiger partial charge is 0.507 e. The zero-order valence-electron chi connectivity index (χ0n) is 25.8. The van der Waals surface area contributed by atoms with Gasteiger partial charge in [-0.15, -0.1) is 0 Å². The van der Waals surface area contributed by atoms with Crippen LogP contribution in [0, 0.1) is 13.8 Å². The van der Waals surface area contributed by atoms with Crippen molar-refractivity contribution in [2.24, 2.45) is 0 Å². The predicted octanol–water partition coefficient (Wildman–Crippen LogP) is 1.82. The molecule has 2 aliphatic carbocycles. The molecule has 4 aromatic rings. The van der Waals surface area contributed by atoms with Crippen molar-refractivity contribution < 1.29 is 64.4 Å². The monoisotopic (exact) mass is 668 g/mol. The van der Waals surface area contributed by atoms with Crippen LogP contribution in [0.25, 0.3) is 11.1 Å². The summed E-state index contributed by atoms with van der Waals surface area (Å²) in [4.78, 5) is 54.9. The minimum absolute atomic E-state index is 0.0283. The molecule has 49 heavy (non-hydrogen) atoms. The fourth-order valence-corrected chi connectivity index (χ4v) is 6.83. The van der Waals surface area contributed by atoms with Crippen molar-refractivity contribution in [2.75, 3.05) is 6.61 Å². The summed E-state index contributed by atoms with van der Waals surface area (Å²) in [6.45, 7) is 2.42. The molecule has 0 saturated carbocycles. The van der Waals surface area contributed by atoms with Gasteiger partial charge in [-0.3, -0.25) is 19.2 Å². The molecule has 0 unspecified atom stereocenters. The average molecular weight is 669 g/mol. The number of hydrogen-bond donors (Lipinski definition) is 7. The second-order valence-corrected chi connectivity index (χ2v) is 12.2. The Bertz CT molecular complexity index is 2170. The molecule has 13 nitrogen and oxygen atoms in total. The lowest BCUT2D eigenvalue weighted by atomic mass is 9.78. The third-order valence-electron chi connectivity index (χ3n) is 9.21. The number of aromatic hydroxyl groups is 3. The Hall–Kier alpha value is -5.44. The molecular weight excluding hydrogens is 640 g/mol. The van der Waals surface area contributed by atoms with E-state index in [4.69, 9.17) is 9.47 Å². The topological polar surface area (TPSA) is 228 Å². The lowest BCUT2D eigenvalue weighted by molar-refractivity contribution is -0.277. The van der Waals surface area contributed by atoms with E-state index in [9.17, 15) is 54.9 Å². The highest BCUT2D eigenvalue weighted by atomic mass is 16.7. The van der Waals surface area contributed by atoms with E-state index in [1.807, 2.05) is 0 Å². The van der Waals surface area contributed by atoms with Gasteiger partial charge >= 0.3 is 0 Å². The maximum Gasteiger partial charge on any atom is 0.229 e. The lowest BCUT2D eigenvalue weighted by Crippen LogP contribution is -2.60. The SMILES string of the molecule is Cc1cc(O)c2c(c1)C(=O)c1ccc(-c3c(C)cc4c(c3O)C(=O)c3c(O[C@@H]5O[C@H](CO)[C@@H](O)[C@H](O)[C@H]5O)cccc3C4=O)c(O)c1C2=O. The van der Waals surface area contributed by atoms with E-state index >= 15 is 0 Å². The molecule has 0 bridgehead atoms. The molecule has 250 valence electrons. The molecular formula is C36H28O13. The maximum atomic E-state index is 14.2. The van der Waals surface area contributed by atoms with Crippen molar-refractivity contribution in [3.8, 4) is 34.1 Å². The van der Waals surface area contributed by atoms with E-state index in [2.05, 4.69) is 0 Å². The van der Waals surface area contributed by atoms with Crippen LogP contribution in [0.1, 0.15) is 74.8 Å². The van der Waals surface area contributed by atoms with Crippen molar-refractivity contribution in [3.05, 3.63) is 104 Å². The van der Waals surface area contributed by atoms with E-state index in [1.165, 1.54) is 55.5 Å². The van der Waals surface area contributed by atoms with Gasteiger partial charge in [0.05, 0.1) is 28.9 Å². The van der Waals surface area contributed by atoms with Gasteiger partial charge in [-0.25, -0.2) is 0 Å². The van der Waals surface area contributed by atoms with Crippen LogP contribution >= 0.6 is 0 Å². The van der Waals surface area contributed by atoms with Crippen molar-refractivity contribution in [1.82, 2.24) is 0 Å². The summed E-state index contributed by atoms with van der Waals surface area (Å²) in [5.41, 5.74) is -1.38. The standard InChI is InChI=1S/C36H28O13/c1-12-8-17-23(19(38)9-12)32(44)25-16(28(17)40)7-6-15(29(25)41)22-13(2)10-18-26(31(22)43)33(45)24-14(27(18)39)4-3-5-20(24)48-36-35(47)34(46)30(42)21(11-37)49-36/h3-10,21,30,34-38,41-43,46-47H,11H2,1-2H3/t21-,30-,34+,35-,36-/m1/s1. The van der Waals surface area contributed by atoms with Crippen LogP contribution in [0.2, 0.25) is 0 Å². The van der Waals surface area contributed by atoms with E-state index in [0.717, 1.165) is 0 Å². The highest BCUT2D eigenvalue weighted by molar-refractivity contribution is 6.32. The molecule has 4 aromatic carbocycles. The number of aliphatic hydroxyl groups excluding tert-OH is 4. The average Bonchev–Trinajstić information content (AvgIpc) is 3.06. The molecule has 13 heteroatoms. The summed E-state index contributed by atoms with van der Waals surface area (Å²) >= 11 is 0. The number of phenolic OH excluding ortho intramolecular Hbond substituents is 3. The van der Waals surface area contributed by atoms with Crippen molar-refractivity contribution in [3.63, 3.8) is 0 Å². The van der Waals surface area contributed by atoms with E-state index in [-0.39, 0.29) is 55.8 Å². The Balaban J connectivity index is 1.34. The minimum atomic E-state index is -1.82. The summed E-state index contributed by atoms with van der Waals surface area (Å²) in [7, 11) is 0. The van der Waals surface area contributed by atoms with Gasteiger partial charge in [-0.1, -0.05) is 12.1 Å². The van der Waals surface area contributed by atoms with Crippen LogP contribution in [-0.2, 0) is 4.74 Å². The van der Waals surface area contributed by atoms with Crippen LogP contribution in [0.3, 0.4) is 0 Å². The zero-order chi connectivity index (χ0) is 35.2. The van der Waals surface area contributed by atoms with Gasteiger partial charge < -0.3 is 45.2 Å². The van der Waals surface area contributed by atoms with Gasteiger partial charge in [0.1, 0.15) is 47.4 Å². The third kappa shape index (κ3) is 4.59. The molecule has 3 aliphatic rings. The van der Waals surface area contributed by atoms with E-state index in [0.29, 0.717) is 5.56 Å². The highest BCUT2D eigenvalue weighted by Crippen LogP contribution is 2.48. The number of ketones is 4. The lowest BCUT2D eigenvalue weighted by Gasteiger charge is -2.39. The van der Waals surface area contributed by atoms with Crippen LogP contribution in [0.15, 0.2) is 48.5 Å². The number of carbonyl (C=O) groups excluding carboxylic acids is 4. The van der Waals surface area contributed by atoms with Gasteiger partial charge in [-0.05, 0) is 61.4 Å². The van der Waals surface area contributed by atoms with Crippen molar-refractivity contribution in [2.45, 2.75) is 44.6 Å². The summed E-state index contributed by atoms with van der Waals surface area (Å²) < 4.78 is 11.1. The van der Waals surface area contributed by atoms with Gasteiger partial charge in [-0.2, -0.15) is 0 Å². The number of aliphatic hydroxyl groups is 4. The molecule has 1 heterocycles. The van der Waals surface area contributed by atoms with Crippen LogP contribution in [0.5, 0.6) is 23.0 Å². The zero-order valence-corrected chi connectivity index (χ0v) is 25.8. The van der Waals surface area contributed by atoms with E-state index < -0.39 is 88.8 Å². The first-order valence-corrected chi connectivity index (χ1v) is 15.1. The Kier molecular flexibility index (Phi) is 7.43. The highest BCUT2D eigenvalue weighted by Gasteiger charge is 2.46. The fraction of sp³-hybridized carbons (Fsp3) is 0.222. The summed E-state index contributed by atoms with van der Waals surface area (Å²) in [6.07, 6.45) is -8.27. The minimum Gasteiger partial charge on any atom is -0.507 e. The van der Waals surface area contributed by atoms with Crippen molar-refractivity contribution in [1.29, 1.82) is 0 Å². The number of aryl methyl sites for hydroxylation is 2. The first kappa shape index (κ1) is 32.1. The predicted molar refractivity (Wildman–Crippen MR) is 167 cm³/mol. The smallest absolute Gasteiger partial charge is 0.229 e. The number of phenols is 3.